The van der Waals surface area contributed by atoms with Gasteiger partial charge in [-0.3, -0.25) is 0 Å². The smallest absolute Gasteiger partial charge is 0.143 e. The molecule has 0 atom stereocenters. The highest BCUT2D eigenvalue weighted by molar-refractivity contribution is 6.31. The minimum atomic E-state index is 0.908. The first-order valence-electron chi connectivity index (χ1n) is 16.8. The summed E-state index contributed by atoms with van der Waals surface area (Å²) in [6.07, 6.45) is 0. The summed E-state index contributed by atoms with van der Waals surface area (Å²) in [4.78, 5) is 0. The van der Waals surface area contributed by atoms with Crippen molar-refractivity contribution in [2.24, 2.45) is 0 Å². The van der Waals surface area contributed by atoms with Gasteiger partial charge in [0.2, 0.25) is 0 Å². The molecular weight excluding hydrogens is 597 g/mol. The van der Waals surface area contributed by atoms with E-state index in [0.29, 0.717) is 0 Å². The highest BCUT2D eigenvalue weighted by atomic mass is 16.3. The van der Waals surface area contributed by atoms with Crippen molar-refractivity contribution >= 4 is 76.2 Å². The Morgan fingerprint density at radius 3 is 1.55 bits per heavy atom. The van der Waals surface area contributed by atoms with E-state index in [1.54, 1.807) is 0 Å². The predicted molar refractivity (Wildman–Crippen MR) is 206 cm³/mol. The molecule has 0 radical (unpaired) electrons. The van der Waals surface area contributed by atoms with E-state index >= 15 is 0 Å². The van der Waals surface area contributed by atoms with Crippen LogP contribution >= 0.6 is 0 Å². The Morgan fingerprint density at radius 2 is 0.878 bits per heavy atom. The lowest BCUT2D eigenvalue weighted by Crippen LogP contribution is -1.93. The summed E-state index contributed by atoms with van der Waals surface area (Å²) in [6.45, 7) is 2.14. The summed E-state index contributed by atoms with van der Waals surface area (Å²) < 4.78 is 13.2. The standard InChI is InChI=1S/C47H28O2/c1-27-16-18-28(19-17-27)40-26-41(39-13-7-12-38-32-9-3-5-15-43(32)49-47(38)39)35-23-21-29-20-22-30(33-24-25-34(40)45(35)44(29)33)36-10-6-11-37-31-8-2-4-14-42(31)48-46(36)37/h2-26H,1H3. The van der Waals surface area contributed by atoms with E-state index in [0.717, 1.165) is 55.0 Å². The molecule has 11 rings (SSSR count). The van der Waals surface area contributed by atoms with Gasteiger partial charge in [-0.25, -0.2) is 0 Å². The number of rotatable bonds is 3. The van der Waals surface area contributed by atoms with Gasteiger partial charge in [-0.15, -0.1) is 0 Å². The van der Waals surface area contributed by atoms with Crippen LogP contribution in [0.25, 0.3) is 110 Å². The maximum absolute atomic E-state index is 6.62. The first kappa shape index (κ1) is 26.7. The molecule has 0 bridgehead atoms. The minimum absolute atomic E-state index is 0.908. The zero-order valence-electron chi connectivity index (χ0n) is 26.8. The van der Waals surface area contributed by atoms with Gasteiger partial charge in [-0.05, 0) is 79.7 Å². The van der Waals surface area contributed by atoms with Crippen LogP contribution in [0, 0.1) is 6.92 Å². The molecule has 0 amide bonds. The van der Waals surface area contributed by atoms with E-state index in [1.807, 2.05) is 12.1 Å². The van der Waals surface area contributed by atoms with Crippen LogP contribution in [0.2, 0.25) is 0 Å². The molecule has 0 saturated carbocycles. The predicted octanol–water partition coefficient (Wildman–Crippen LogP) is 13.7. The number of para-hydroxylation sites is 4. The number of aryl methyl sites for hydroxylation is 1. The lowest BCUT2D eigenvalue weighted by molar-refractivity contribution is 0.669. The molecule has 11 aromatic rings. The van der Waals surface area contributed by atoms with Crippen molar-refractivity contribution in [2.45, 2.75) is 6.92 Å². The minimum Gasteiger partial charge on any atom is -0.455 e. The number of hydrogen-bond acceptors (Lipinski definition) is 2. The number of fused-ring (bicyclic) bond motifs is 6. The fraction of sp³-hybridized carbons (Fsp3) is 0.0213. The van der Waals surface area contributed by atoms with Crippen molar-refractivity contribution in [1.29, 1.82) is 0 Å². The third-order valence-corrected chi connectivity index (χ3v) is 10.5. The summed E-state index contributed by atoms with van der Waals surface area (Å²) in [5, 5.41) is 12.0. The Labute approximate surface area is 281 Å². The summed E-state index contributed by atoms with van der Waals surface area (Å²) in [7, 11) is 0. The molecule has 49 heavy (non-hydrogen) atoms. The molecule has 0 fully saturated rings. The van der Waals surface area contributed by atoms with Crippen LogP contribution in [0.5, 0.6) is 0 Å². The van der Waals surface area contributed by atoms with E-state index in [1.165, 1.54) is 60.1 Å². The second-order valence-electron chi connectivity index (χ2n) is 13.3. The molecule has 2 aromatic heterocycles. The van der Waals surface area contributed by atoms with Crippen LogP contribution in [-0.2, 0) is 0 Å². The molecule has 0 unspecified atom stereocenters. The zero-order chi connectivity index (χ0) is 32.2. The lowest BCUT2D eigenvalue weighted by atomic mass is 9.83. The van der Waals surface area contributed by atoms with Crippen LogP contribution < -0.4 is 0 Å². The summed E-state index contributed by atoms with van der Waals surface area (Å²) >= 11 is 0. The van der Waals surface area contributed by atoms with E-state index in [9.17, 15) is 0 Å². The molecule has 9 aromatic carbocycles. The van der Waals surface area contributed by atoms with Gasteiger partial charge in [0.25, 0.3) is 0 Å². The average Bonchev–Trinajstić information content (AvgIpc) is 3.73. The van der Waals surface area contributed by atoms with Gasteiger partial charge >= 0.3 is 0 Å². The zero-order valence-corrected chi connectivity index (χ0v) is 26.8. The Balaban J connectivity index is 1.27. The molecule has 2 nitrogen and oxygen atoms in total. The maximum atomic E-state index is 6.62. The Morgan fingerprint density at radius 1 is 0.347 bits per heavy atom. The van der Waals surface area contributed by atoms with E-state index in [-0.39, 0.29) is 0 Å². The van der Waals surface area contributed by atoms with Crippen molar-refractivity contribution in [3.8, 4) is 33.4 Å². The Kier molecular flexibility index (Phi) is 5.34. The van der Waals surface area contributed by atoms with Crippen molar-refractivity contribution in [3.05, 3.63) is 157 Å². The average molecular weight is 625 g/mol. The molecule has 2 heteroatoms. The van der Waals surface area contributed by atoms with Gasteiger partial charge in [0.1, 0.15) is 22.3 Å². The fourth-order valence-corrected chi connectivity index (χ4v) is 8.25. The molecule has 0 spiro atoms. The summed E-state index contributed by atoms with van der Waals surface area (Å²) in [5.41, 5.74) is 11.9. The Hall–Kier alpha value is -6.38. The molecule has 0 saturated heterocycles. The molecule has 0 N–H and O–H groups in total. The topological polar surface area (TPSA) is 26.3 Å². The third-order valence-electron chi connectivity index (χ3n) is 10.5. The molecule has 0 aliphatic rings. The highest BCUT2D eigenvalue weighted by Gasteiger charge is 2.22. The lowest BCUT2D eigenvalue weighted by Gasteiger charge is -2.19. The van der Waals surface area contributed by atoms with Crippen LogP contribution in [0.3, 0.4) is 0 Å². The first-order chi connectivity index (χ1) is 24.2. The van der Waals surface area contributed by atoms with Crippen molar-refractivity contribution < 1.29 is 8.83 Å². The maximum Gasteiger partial charge on any atom is 0.143 e. The van der Waals surface area contributed by atoms with E-state index < -0.39 is 0 Å². The van der Waals surface area contributed by atoms with Crippen LogP contribution in [0.1, 0.15) is 5.56 Å². The number of hydrogen-bond donors (Lipinski definition) is 0. The Bertz CT molecular complexity index is 3100. The van der Waals surface area contributed by atoms with E-state index in [4.69, 9.17) is 8.83 Å². The number of furan rings is 2. The van der Waals surface area contributed by atoms with Gasteiger partial charge in [-0.1, -0.05) is 139 Å². The molecule has 0 aliphatic heterocycles. The summed E-state index contributed by atoms with van der Waals surface area (Å²) in [6, 6.07) is 54.8. The van der Waals surface area contributed by atoms with Gasteiger partial charge < -0.3 is 8.83 Å². The third kappa shape index (κ3) is 3.71. The highest BCUT2D eigenvalue weighted by Crippen LogP contribution is 2.48. The summed E-state index contributed by atoms with van der Waals surface area (Å²) in [5.74, 6) is 0. The molecule has 2 heterocycles. The fourth-order valence-electron chi connectivity index (χ4n) is 8.25. The normalized spacial score (nSPS) is 12.2. The molecular formula is C47H28O2. The second kappa shape index (κ2) is 9.82. The van der Waals surface area contributed by atoms with Crippen molar-refractivity contribution in [3.63, 3.8) is 0 Å². The quantitative estimate of drug-likeness (QED) is 0.183. The van der Waals surface area contributed by atoms with Crippen LogP contribution in [0.4, 0.5) is 0 Å². The SMILES string of the molecule is Cc1ccc(-c2cc(-c3cccc4c3oc3ccccc34)c3ccc4ccc(-c5cccc6c5oc5ccccc56)c5ccc2c3c45)cc1. The van der Waals surface area contributed by atoms with Crippen LogP contribution in [0.15, 0.2) is 160 Å². The van der Waals surface area contributed by atoms with Gasteiger partial charge in [0.05, 0.1) is 0 Å². The number of benzene rings is 9. The van der Waals surface area contributed by atoms with Crippen molar-refractivity contribution in [1.82, 2.24) is 0 Å². The molecule has 228 valence electrons. The van der Waals surface area contributed by atoms with Gasteiger partial charge in [-0.2, -0.15) is 0 Å². The molecule has 0 aliphatic carbocycles. The van der Waals surface area contributed by atoms with Gasteiger partial charge in [0.15, 0.2) is 0 Å². The van der Waals surface area contributed by atoms with Crippen LogP contribution in [-0.4, -0.2) is 0 Å². The van der Waals surface area contributed by atoms with E-state index in [2.05, 4.69) is 146 Å². The van der Waals surface area contributed by atoms with Crippen molar-refractivity contribution in [2.75, 3.05) is 0 Å². The first-order valence-corrected chi connectivity index (χ1v) is 16.8. The van der Waals surface area contributed by atoms with Gasteiger partial charge in [0, 0.05) is 32.7 Å². The largest absolute Gasteiger partial charge is 0.455 e. The second-order valence-corrected chi connectivity index (χ2v) is 13.3. The monoisotopic (exact) mass is 624 g/mol.